The number of hydrogen-bond donors (Lipinski definition) is 1. The number of aromatic carboxylic acids is 1. The maximum absolute atomic E-state index is 13.9. The number of rotatable bonds is 6. The second-order valence-electron chi connectivity index (χ2n) is 11.0. The van der Waals surface area contributed by atoms with Gasteiger partial charge in [0.05, 0.1) is 18.3 Å². The number of piperidine rings is 1. The van der Waals surface area contributed by atoms with E-state index in [1.165, 1.54) is 0 Å². The van der Waals surface area contributed by atoms with E-state index in [1.807, 2.05) is 49.1 Å². The summed E-state index contributed by atoms with van der Waals surface area (Å²) in [6.45, 7) is 6.92. The smallest absolute Gasteiger partial charge is 0.433 e. The van der Waals surface area contributed by atoms with Crippen molar-refractivity contribution in [1.82, 2.24) is 14.7 Å². The Kier molecular flexibility index (Phi) is 8.77. The van der Waals surface area contributed by atoms with Crippen LogP contribution in [0.15, 0.2) is 48.7 Å². The summed E-state index contributed by atoms with van der Waals surface area (Å²) in [5.41, 5.74) is 1.49. The van der Waals surface area contributed by atoms with Gasteiger partial charge in [-0.25, -0.2) is 9.59 Å². The first-order chi connectivity index (χ1) is 20.4. The molecule has 9 nitrogen and oxygen atoms in total. The van der Waals surface area contributed by atoms with Crippen LogP contribution in [0.4, 0.5) is 29.3 Å². The summed E-state index contributed by atoms with van der Waals surface area (Å²) in [4.78, 5) is 29.6. The third kappa shape index (κ3) is 6.69. The molecule has 3 aromatic rings. The number of carbonyl (C=O) groups excluding carboxylic acids is 1. The molecule has 2 saturated heterocycles. The number of carbonyl (C=O) groups is 2. The van der Waals surface area contributed by atoms with Gasteiger partial charge in [-0.1, -0.05) is 29.8 Å². The van der Waals surface area contributed by atoms with E-state index in [4.69, 9.17) is 16.3 Å². The van der Waals surface area contributed by atoms with E-state index >= 15 is 0 Å². The largest absolute Gasteiger partial charge is 0.478 e. The van der Waals surface area contributed by atoms with Crippen LogP contribution in [-0.2, 0) is 10.9 Å². The van der Waals surface area contributed by atoms with E-state index in [0.29, 0.717) is 50.6 Å². The zero-order valence-corrected chi connectivity index (χ0v) is 24.6. The minimum Gasteiger partial charge on any atom is -0.478 e. The third-order valence-electron chi connectivity index (χ3n) is 7.76. The molecule has 1 amide bonds. The van der Waals surface area contributed by atoms with Crippen molar-refractivity contribution in [1.29, 1.82) is 0 Å². The van der Waals surface area contributed by atoms with Crippen LogP contribution in [-0.4, -0.2) is 77.2 Å². The first-order valence-corrected chi connectivity index (χ1v) is 14.5. The average molecular weight is 620 g/mol. The number of halogens is 4. The number of alkyl halides is 3. The molecule has 0 aliphatic carbocycles. The lowest BCUT2D eigenvalue weighted by Crippen LogP contribution is -2.49. The van der Waals surface area contributed by atoms with Crippen molar-refractivity contribution in [3.8, 4) is 11.1 Å². The van der Waals surface area contributed by atoms with Crippen LogP contribution in [0.2, 0.25) is 5.02 Å². The molecule has 0 spiro atoms. The minimum atomic E-state index is -4.86. The van der Waals surface area contributed by atoms with Crippen LogP contribution in [0.1, 0.15) is 48.8 Å². The number of aromatic nitrogens is 2. The van der Waals surface area contributed by atoms with Gasteiger partial charge >= 0.3 is 18.2 Å². The van der Waals surface area contributed by atoms with Gasteiger partial charge in [0.1, 0.15) is 5.56 Å². The van der Waals surface area contributed by atoms with Crippen molar-refractivity contribution in [2.45, 2.75) is 45.0 Å². The molecular formula is C30H33ClF3N5O4. The Morgan fingerprint density at radius 3 is 2.35 bits per heavy atom. The van der Waals surface area contributed by atoms with Gasteiger partial charge in [-0.2, -0.15) is 18.3 Å². The number of ether oxygens (including phenoxy) is 1. The molecule has 2 aromatic carbocycles. The van der Waals surface area contributed by atoms with E-state index < -0.39 is 29.4 Å². The fourth-order valence-electron chi connectivity index (χ4n) is 5.74. The molecule has 1 aromatic heterocycles. The highest BCUT2D eigenvalue weighted by molar-refractivity contribution is 6.31. The monoisotopic (exact) mass is 619 g/mol. The zero-order valence-electron chi connectivity index (χ0n) is 23.9. The quantitative estimate of drug-likeness (QED) is 0.340. The summed E-state index contributed by atoms with van der Waals surface area (Å²) in [5.74, 6) is -1.66. The molecule has 0 radical (unpaired) electrons. The molecule has 0 saturated carbocycles. The standard InChI is InChI=1S/C30H33ClF3N5O4/c1-19(2)43-29(42)37-14-12-36(13-15-37)22-8-5-20(6-9-22)24-10-7-21(31)16-26(24)38-11-3-4-23(18-38)39-27(30(32,33)34)25(17-35-39)28(40)41/h5-10,16-17,19,23H,3-4,11-15,18H2,1-2H3,(H,40,41). The van der Waals surface area contributed by atoms with Crippen molar-refractivity contribution in [2.24, 2.45) is 0 Å². The van der Waals surface area contributed by atoms with Gasteiger partial charge in [0.15, 0.2) is 5.69 Å². The van der Waals surface area contributed by atoms with Crippen LogP contribution in [0.25, 0.3) is 11.1 Å². The number of benzene rings is 2. The lowest BCUT2D eigenvalue weighted by Gasteiger charge is -2.37. The Hall–Kier alpha value is -3.93. The average Bonchev–Trinajstić information content (AvgIpc) is 3.44. The highest BCUT2D eigenvalue weighted by Gasteiger charge is 2.42. The SMILES string of the molecule is CC(C)OC(=O)N1CCN(c2ccc(-c3ccc(Cl)cc3N3CCCC(n4ncc(C(=O)O)c4C(F)(F)F)C3)cc2)CC1. The van der Waals surface area contributed by atoms with Crippen molar-refractivity contribution < 1.29 is 32.6 Å². The second-order valence-corrected chi connectivity index (χ2v) is 11.4. The van der Waals surface area contributed by atoms with Gasteiger partial charge < -0.3 is 24.5 Å². The van der Waals surface area contributed by atoms with Crippen LogP contribution in [0.5, 0.6) is 0 Å². The lowest BCUT2D eigenvalue weighted by atomic mass is 9.99. The Bertz CT molecular complexity index is 1470. The highest BCUT2D eigenvalue weighted by atomic mass is 35.5. The van der Waals surface area contributed by atoms with Gasteiger partial charge in [-0.05, 0) is 56.5 Å². The Morgan fingerprint density at radius 1 is 1.02 bits per heavy atom. The number of piperazine rings is 1. The van der Waals surface area contributed by atoms with Crippen LogP contribution < -0.4 is 9.80 Å². The van der Waals surface area contributed by atoms with E-state index in [-0.39, 0.29) is 18.7 Å². The molecule has 2 aliphatic rings. The molecule has 0 bridgehead atoms. The van der Waals surface area contributed by atoms with E-state index in [0.717, 1.165) is 33.4 Å². The molecule has 2 fully saturated rings. The lowest BCUT2D eigenvalue weighted by molar-refractivity contribution is -0.145. The van der Waals surface area contributed by atoms with Crippen molar-refractivity contribution in [3.05, 3.63) is 64.9 Å². The molecule has 1 atom stereocenters. The molecule has 13 heteroatoms. The van der Waals surface area contributed by atoms with Crippen molar-refractivity contribution >= 4 is 35.0 Å². The molecule has 230 valence electrons. The third-order valence-corrected chi connectivity index (χ3v) is 7.99. The Labute approximate surface area is 252 Å². The number of carboxylic acids is 1. The number of carboxylic acid groups (broad SMARTS) is 1. The second kappa shape index (κ2) is 12.4. The molecule has 3 heterocycles. The molecular weight excluding hydrogens is 587 g/mol. The van der Waals surface area contributed by atoms with Gasteiger partial charge in [0.2, 0.25) is 0 Å². The number of anilines is 2. The molecule has 1 N–H and O–H groups in total. The Morgan fingerprint density at radius 2 is 1.72 bits per heavy atom. The number of hydrogen-bond acceptors (Lipinski definition) is 6. The van der Waals surface area contributed by atoms with Crippen LogP contribution in [0, 0.1) is 0 Å². The normalized spacial score (nSPS) is 17.8. The summed E-state index contributed by atoms with van der Waals surface area (Å²) in [6, 6.07) is 12.8. The summed E-state index contributed by atoms with van der Waals surface area (Å²) < 4.78 is 47.8. The Balaban J connectivity index is 1.35. The first-order valence-electron chi connectivity index (χ1n) is 14.2. The predicted octanol–water partition coefficient (Wildman–Crippen LogP) is 6.43. The molecule has 43 heavy (non-hydrogen) atoms. The molecule has 5 rings (SSSR count). The van der Waals surface area contributed by atoms with Gasteiger partial charge in [0.25, 0.3) is 0 Å². The van der Waals surface area contributed by atoms with Gasteiger partial charge in [-0.15, -0.1) is 0 Å². The topological polar surface area (TPSA) is 91.1 Å². The molecule has 1 unspecified atom stereocenters. The summed E-state index contributed by atoms with van der Waals surface area (Å²) in [6.07, 6.45) is -3.55. The fourth-order valence-corrected chi connectivity index (χ4v) is 5.90. The highest BCUT2D eigenvalue weighted by Crippen LogP contribution is 2.39. The first kappa shape index (κ1) is 30.5. The minimum absolute atomic E-state index is 0.167. The van der Waals surface area contributed by atoms with Gasteiger partial charge in [-0.3, -0.25) is 4.68 Å². The number of amides is 1. The summed E-state index contributed by atoms with van der Waals surface area (Å²) >= 11 is 6.39. The van der Waals surface area contributed by atoms with Crippen LogP contribution in [0.3, 0.4) is 0 Å². The maximum Gasteiger partial charge on any atom is 0.433 e. The van der Waals surface area contributed by atoms with Crippen LogP contribution >= 0.6 is 11.6 Å². The zero-order chi connectivity index (χ0) is 30.9. The van der Waals surface area contributed by atoms with Crippen molar-refractivity contribution in [2.75, 3.05) is 49.1 Å². The fraction of sp³-hybridized carbons (Fsp3) is 0.433. The molecule has 2 aliphatic heterocycles. The summed E-state index contributed by atoms with van der Waals surface area (Å²) in [7, 11) is 0. The number of nitrogens with zero attached hydrogens (tertiary/aromatic N) is 5. The van der Waals surface area contributed by atoms with Gasteiger partial charge in [0, 0.05) is 61.2 Å². The maximum atomic E-state index is 13.9. The van der Waals surface area contributed by atoms with Crippen molar-refractivity contribution in [3.63, 3.8) is 0 Å². The van der Waals surface area contributed by atoms with E-state index in [2.05, 4.69) is 10.00 Å². The van der Waals surface area contributed by atoms with E-state index in [1.54, 1.807) is 17.0 Å². The van der Waals surface area contributed by atoms with E-state index in [9.17, 15) is 27.9 Å². The summed E-state index contributed by atoms with van der Waals surface area (Å²) in [5, 5.41) is 13.7. The predicted molar refractivity (Wildman–Crippen MR) is 157 cm³/mol.